The second kappa shape index (κ2) is 10.0. The molecule has 0 N–H and O–H groups in total. The number of carbonyl (C=O) groups excluding carboxylic acids is 1. The molecule has 8 heteroatoms. The van der Waals surface area contributed by atoms with Crippen LogP contribution in [0.5, 0.6) is 0 Å². The van der Waals surface area contributed by atoms with E-state index in [1.54, 1.807) is 0 Å². The topological polar surface area (TPSA) is 57.7 Å². The Labute approximate surface area is 172 Å². The molecule has 0 unspecified atom stereocenters. The monoisotopic (exact) mass is 432 g/mol. The highest BCUT2D eigenvalue weighted by Gasteiger charge is 2.34. The normalized spacial score (nSPS) is 16.5. The van der Waals surface area contributed by atoms with E-state index in [1.807, 2.05) is 11.8 Å². The second-order valence-corrected chi connectivity index (χ2v) is 9.66. The highest BCUT2D eigenvalue weighted by atomic mass is 35.5. The number of sulfonamides is 1. The van der Waals surface area contributed by atoms with E-state index < -0.39 is 15.8 Å². The number of hydrogen-bond acceptors (Lipinski definition) is 3. The van der Waals surface area contributed by atoms with Crippen molar-refractivity contribution in [1.29, 1.82) is 0 Å². The van der Waals surface area contributed by atoms with E-state index in [2.05, 4.69) is 13.8 Å². The van der Waals surface area contributed by atoms with Crippen LogP contribution in [0, 0.1) is 17.7 Å². The van der Waals surface area contributed by atoms with Gasteiger partial charge in [0.25, 0.3) is 0 Å². The molecule has 1 amide bonds. The first-order chi connectivity index (χ1) is 13.2. The van der Waals surface area contributed by atoms with Gasteiger partial charge in [0, 0.05) is 32.1 Å². The van der Waals surface area contributed by atoms with Crippen LogP contribution < -0.4 is 0 Å². The van der Waals surface area contributed by atoms with Gasteiger partial charge >= 0.3 is 0 Å². The fourth-order valence-corrected chi connectivity index (χ4v) is 5.36. The SMILES string of the molecule is CCC(CC)CN(CC)C(=O)C1CCN(S(=O)(=O)c2ccc(F)c(Cl)c2)CC1. The number of benzene rings is 1. The van der Waals surface area contributed by atoms with E-state index >= 15 is 0 Å². The predicted octanol–water partition coefficient (Wildman–Crippen LogP) is 4.16. The first-order valence-corrected chi connectivity index (χ1v) is 11.8. The van der Waals surface area contributed by atoms with Gasteiger partial charge in [-0.2, -0.15) is 4.31 Å². The Bertz CT molecular complexity index is 776. The van der Waals surface area contributed by atoms with Gasteiger partial charge in [-0.25, -0.2) is 12.8 Å². The summed E-state index contributed by atoms with van der Waals surface area (Å²) in [5, 5.41) is -0.217. The summed E-state index contributed by atoms with van der Waals surface area (Å²) >= 11 is 5.73. The lowest BCUT2D eigenvalue weighted by Crippen LogP contribution is -2.45. The number of rotatable bonds is 8. The van der Waals surface area contributed by atoms with Crippen molar-refractivity contribution >= 4 is 27.5 Å². The van der Waals surface area contributed by atoms with Crippen molar-refractivity contribution in [2.24, 2.45) is 11.8 Å². The van der Waals surface area contributed by atoms with E-state index in [1.165, 1.54) is 10.4 Å². The maximum atomic E-state index is 13.3. The minimum atomic E-state index is -3.75. The number of halogens is 2. The largest absolute Gasteiger partial charge is 0.342 e. The molecule has 1 aromatic carbocycles. The van der Waals surface area contributed by atoms with Crippen molar-refractivity contribution in [3.8, 4) is 0 Å². The van der Waals surface area contributed by atoms with Crippen LogP contribution in [0.3, 0.4) is 0 Å². The molecule has 0 saturated carbocycles. The third-order valence-electron chi connectivity index (χ3n) is 5.66. The van der Waals surface area contributed by atoms with Gasteiger partial charge in [0.15, 0.2) is 0 Å². The fraction of sp³-hybridized carbons (Fsp3) is 0.650. The lowest BCUT2D eigenvalue weighted by atomic mass is 9.95. The zero-order valence-electron chi connectivity index (χ0n) is 16.8. The summed E-state index contributed by atoms with van der Waals surface area (Å²) in [6.07, 6.45) is 3.06. The van der Waals surface area contributed by atoms with Gasteiger partial charge in [0.2, 0.25) is 15.9 Å². The summed E-state index contributed by atoms with van der Waals surface area (Å²) in [4.78, 5) is 14.8. The van der Waals surface area contributed by atoms with E-state index in [0.29, 0.717) is 25.3 Å². The molecular weight excluding hydrogens is 403 g/mol. The summed E-state index contributed by atoms with van der Waals surface area (Å²) in [6, 6.07) is 3.42. The Morgan fingerprint density at radius 1 is 1.25 bits per heavy atom. The van der Waals surface area contributed by atoms with Gasteiger partial charge in [0.1, 0.15) is 5.82 Å². The second-order valence-electron chi connectivity index (χ2n) is 7.31. The van der Waals surface area contributed by atoms with Crippen LogP contribution in [-0.4, -0.2) is 49.7 Å². The zero-order valence-corrected chi connectivity index (χ0v) is 18.4. The quantitative estimate of drug-likeness (QED) is 0.619. The number of hydrogen-bond donors (Lipinski definition) is 0. The molecule has 1 aromatic rings. The standard InChI is InChI=1S/C20H30ClFN2O3S/c1-4-15(5-2)14-23(6-3)20(25)16-9-11-24(12-10-16)28(26,27)17-7-8-19(22)18(21)13-17/h7-8,13,15-16H,4-6,9-12,14H2,1-3H3. The summed E-state index contributed by atoms with van der Waals surface area (Å²) in [7, 11) is -3.75. The van der Waals surface area contributed by atoms with E-state index in [-0.39, 0.29) is 34.8 Å². The molecular formula is C20H30ClFN2O3S. The minimum absolute atomic E-state index is 0.0207. The van der Waals surface area contributed by atoms with E-state index in [9.17, 15) is 17.6 Å². The Morgan fingerprint density at radius 3 is 2.36 bits per heavy atom. The molecule has 0 bridgehead atoms. The number of nitrogens with zero attached hydrogens (tertiary/aromatic N) is 2. The summed E-state index contributed by atoms with van der Waals surface area (Å²) in [6.45, 7) is 8.23. The Hall–Kier alpha value is -1.18. The number of piperidine rings is 1. The van der Waals surface area contributed by atoms with Crippen molar-refractivity contribution in [1.82, 2.24) is 9.21 Å². The number of carbonyl (C=O) groups is 1. The van der Waals surface area contributed by atoms with Gasteiger partial charge in [-0.1, -0.05) is 38.3 Å². The molecule has 1 aliphatic rings. The third kappa shape index (κ3) is 5.24. The van der Waals surface area contributed by atoms with Crippen molar-refractivity contribution < 1.29 is 17.6 Å². The Balaban J connectivity index is 2.02. The van der Waals surface area contributed by atoms with E-state index in [0.717, 1.165) is 31.5 Å². The third-order valence-corrected chi connectivity index (χ3v) is 7.84. The molecule has 0 spiro atoms. The van der Waals surface area contributed by atoms with Crippen LogP contribution in [0.1, 0.15) is 46.5 Å². The molecule has 0 atom stereocenters. The molecule has 1 fully saturated rings. The van der Waals surface area contributed by atoms with Crippen molar-refractivity contribution in [3.05, 3.63) is 29.0 Å². The van der Waals surface area contributed by atoms with Crippen molar-refractivity contribution in [3.63, 3.8) is 0 Å². The molecule has 0 aliphatic carbocycles. The average molecular weight is 433 g/mol. The summed E-state index contributed by atoms with van der Waals surface area (Å²) in [5.74, 6) is -0.191. The molecule has 2 rings (SSSR count). The van der Waals surface area contributed by atoms with Crippen LogP contribution in [0.4, 0.5) is 4.39 Å². The summed E-state index contributed by atoms with van der Waals surface area (Å²) < 4.78 is 40.3. The molecule has 0 radical (unpaired) electrons. The van der Waals surface area contributed by atoms with Crippen LogP contribution in [-0.2, 0) is 14.8 Å². The first-order valence-electron chi connectivity index (χ1n) is 9.98. The van der Waals surface area contributed by atoms with Gasteiger partial charge in [-0.05, 0) is 43.9 Å². The maximum absolute atomic E-state index is 13.3. The fourth-order valence-electron chi connectivity index (χ4n) is 3.62. The van der Waals surface area contributed by atoms with Crippen LogP contribution in [0.15, 0.2) is 23.1 Å². The van der Waals surface area contributed by atoms with Gasteiger partial charge in [-0.15, -0.1) is 0 Å². The molecule has 28 heavy (non-hydrogen) atoms. The Morgan fingerprint density at radius 2 is 1.86 bits per heavy atom. The molecule has 5 nitrogen and oxygen atoms in total. The van der Waals surface area contributed by atoms with Gasteiger partial charge in [-0.3, -0.25) is 4.79 Å². The van der Waals surface area contributed by atoms with Crippen molar-refractivity contribution in [2.45, 2.75) is 51.3 Å². The predicted molar refractivity (Wildman–Crippen MR) is 109 cm³/mol. The first kappa shape index (κ1) is 23.1. The lowest BCUT2D eigenvalue weighted by Gasteiger charge is -2.34. The van der Waals surface area contributed by atoms with Gasteiger partial charge < -0.3 is 4.90 Å². The smallest absolute Gasteiger partial charge is 0.243 e. The molecule has 158 valence electrons. The average Bonchev–Trinajstić information content (AvgIpc) is 2.70. The number of amides is 1. The van der Waals surface area contributed by atoms with Crippen LogP contribution in [0.25, 0.3) is 0 Å². The van der Waals surface area contributed by atoms with Crippen LogP contribution >= 0.6 is 11.6 Å². The van der Waals surface area contributed by atoms with E-state index in [4.69, 9.17) is 11.6 Å². The van der Waals surface area contributed by atoms with Crippen molar-refractivity contribution in [2.75, 3.05) is 26.2 Å². The zero-order chi connectivity index (χ0) is 20.9. The van der Waals surface area contributed by atoms with Crippen LogP contribution in [0.2, 0.25) is 5.02 Å². The molecule has 1 heterocycles. The summed E-state index contributed by atoms with van der Waals surface area (Å²) in [5.41, 5.74) is 0. The Kier molecular flexibility index (Phi) is 8.28. The van der Waals surface area contributed by atoms with Gasteiger partial charge in [0.05, 0.1) is 9.92 Å². The highest BCUT2D eigenvalue weighted by Crippen LogP contribution is 2.27. The maximum Gasteiger partial charge on any atom is 0.243 e. The molecule has 1 saturated heterocycles. The minimum Gasteiger partial charge on any atom is -0.342 e. The highest BCUT2D eigenvalue weighted by molar-refractivity contribution is 7.89. The molecule has 0 aromatic heterocycles. The lowest BCUT2D eigenvalue weighted by molar-refractivity contribution is -0.137. The molecule has 1 aliphatic heterocycles.